The molecule has 10 heteroatoms. The molecule has 28 heavy (non-hydrogen) atoms. The van der Waals surface area contributed by atoms with Crippen LogP contribution in [0.15, 0.2) is 12.4 Å². The van der Waals surface area contributed by atoms with Crippen molar-refractivity contribution in [2.75, 3.05) is 13.2 Å². The third-order valence-corrected chi connectivity index (χ3v) is 3.70. The van der Waals surface area contributed by atoms with Gasteiger partial charge in [-0.3, -0.25) is 14.2 Å². The van der Waals surface area contributed by atoms with Crippen LogP contribution in [0.4, 0.5) is 0 Å². The van der Waals surface area contributed by atoms with E-state index in [4.69, 9.17) is 9.47 Å². The van der Waals surface area contributed by atoms with E-state index in [9.17, 15) is 24.4 Å². The van der Waals surface area contributed by atoms with E-state index in [1.165, 1.54) is 26.2 Å². The number of carbonyl (C=O) groups excluding carboxylic acids is 4. The smallest absolute Gasteiger partial charge is 0.356 e. The van der Waals surface area contributed by atoms with Gasteiger partial charge in [0.25, 0.3) is 0 Å². The summed E-state index contributed by atoms with van der Waals surface area (Å²) in [6, 6.07) is 1.87. The van der Waals surface area contributed by atoms with E-state index in [0.717, 1.165) is 9.25 Å². The molecule has 0 saturated heterocycles. The molecule has 0 spiro atoms. The van der Waals surface area contributed by atoms with Crippen molar-refractivity contribution >= 4 is 23.6 Å². The van der Waals surface area contributed by atoms with E-state index < -0.39 is 23.6 Å². The van der Waals surface area contributed by atoms with Gasteiger partial charge in [0.2, 0.25) is 5.91 Å². The molecule has 2 aromatic rings. The molecule has 2 heterocycles. The summed E-state index contributed by atoms with van der Waals surface area (Å²) in [5.41, 5.74) is -0.728. The maximum atomic E-state index is 12.6. The summed E-state index contributed by atoms with van der Waals surface area (Å²) in [6.45, 7) is 5.64. The lowest BCUT2D eigenvalue weighted by molar-refractivity contribution is 0.0472. The van der Waals surface area contributed by atoms with Crippen molar-refractivity contribution in [2.45, 2.75) is 27.7 Å². The molecule has 0 atom stereocenters. The standard InChI is InChI=1S/C18H18N4O6/c1-5-27-17(25)14-13(10(3)23)9-21(15(14)18(26)28-6-2)16-12(7-19)8-22(20-16)11(4)24/h8-9H,5-6H2,1-4H3. The highest BCUT2D eigenvalue weighted by Gasteiger charge is 2.32. The first kappa shape index (κ1) is 20.6. The van der Waals surface area contributed by atoms with Crippen molar-refractivity contribution in [1.29, 1.82) is 5.26 Å². The number of Topliss-reactive ketones (excluding diaryl/α,β-unsaturated/α-hetero) is 1. The van der Waals surface area contributed by atoms with Crippen molar-refractivity contribution in [3.8, 4) is 11.9 Å². The van der Waals surface area contributed by atoms with Gasteiger partial charge in [-0.25, -0.2) is 14.3 Å². The zero-order valence-electron chi connectivity index (χ0n) is 15.8. The van der Waals surface area contributed by atoms with Crippen LogP contribution in [0.1, 0.15) is 69.3 Å². The molecule has 0 radical (unpaired) electrons. The zero-order valence-corrected chi connectivity index (χ0v) is 15.8. The second-order valence-electron chi connectivity index (χ2n) is 5.58. The van der Waals surface area contributed by atoms with Gasteiger partial charge >= 0.3 is 11.9 Å². The van der Waals surface area contributed by atoms with Crippen LogP contribution in [0.5, 0.6) is 0 Å². The van der Waals surface area contributed by atoms with Crippen LogP contribution in [0.25, 0.3) is 5.82 Å². The maximum absolute atomic E-state index is 12.6. The molecule has 0 bridgehead atoms. The van der Waals surface area contributed by atoms with Crippen LogP contribution < -0.4 is 0 Å². The van der Waals surface area contributed by atoms with E-state index in [0.29, 0.717) is 0 Å². The fourth-order valence-corrected chi connectivity index (χ4v) is 2.53. The quantitative estimate of drug-likeness (QED) is 0.541. The highest BCUT2D eigenvalue weighted by Crippen LogP contribution is 2.26. The van der Waals surface area contributed by atoms with Crippen LogP contribution in [-0.4, -0.2) is 51.2 Å². The average molecular weight is 386 g/mol. The second kappa shape index (κ2) is 8.30. The molecule has 0 aliphatic rings. The Kier molecular flexibility index (Phi) is 6.10. The van der Waals surface area contributed by atoms with Crippen molar-refractivity contribution in [3.05, 3.63) is 34.8 Å². The Bertz CT molecular complexity index is 1010. The Morgan fingerprint density at radius 3 is 2.18 bits per heavy atom. The third-order valence-electron chi connectivity index (χ3n) is 3.70. The molecule has 10 nitrogen and oxygen atoms in total. The number of hydrogen-bond acceptors (Lipinski definition) is 8. The molecule has 0 N–H and O–H groups in total. The number of hydrogen-bond donors (Lipinski definition) is 0. The fraction of sp³-hybridized carbons (Fsp3) is 0.333. The lowest BCUT2D eigenvalue weighted by Gasteiger charge is -2.09. The number of carbonyl (C=O) groups is 4. The van der Waals surface area contributed by atoms with E-state index >= 15 is 0 Å². The van der Waals surface area contributed by atoms with Crippen LogP contribution in [0, 0.1) is 11.3 Å². The first-order chi connectivity index (χ1) is 13.3. The Morgan fingerprint density at radius 2 is 1.68 bits per heavy atom. The summed E-state index contributed by atoms with van der Waals surface area (Å²) >= 11 is 0. The van der Waals surface area contributed by atoms with Gasteiger partial charge in [0, 0.05) is 13.1 Å². The van der Waals surface area contributed by atoms with Crippen molar-refractivity contribution in [2.24, 2.45) is 0 Å². The number of esters is 2. The molecule has 0 fully saturated rings. The Balaban J connectivity index is 2.88. The van der Waals surface area contributed by atoms with Crippen molar-refractivity contribution < 1.29 is 28.7 Å². The lowest BCUT2D eigenvalue weighted by Crippen LogP contribution is -2.18. The summed E-state index contributed by atoms with van der Waals surface area (Å²) < 4.78 is 12.0. The predicted octanol–water partition coefficient (Wildman–Crippen LogP) is 1.76. The summed E-state index contributed by atoms with van der Waals surface area (Å²) in [4.78, 5) is 48.8. The normalized spacial score (nSPS) is 10.2. The van der Waals surface area contributed by atoms with E-state index in [2.05, 4.69) is 5.10 Å². The SMILES string of the molecule is CCOC(=O)c1c(C(C)=O)cn(-c2nn(C(C)=O)cc2C#N)c1C(=O)OCC. The van der Waals surface area contributed by atoms with Gasteiger partial charge < -0.3 is 9.47 Å². The number of nitriles is 1. The molecule has 0 aliphatic carbocycles. The monoisotopic (exact) mass is 386 g/mol. The molecule has 2 aromatic heterocycles. The Labute approximate surface area is 160 Å². The molecule has 0 aliphatic heterocycles. The summed E-state index contributed by atoms with van der Waals surface area (Å²) in [5, 5.41) is 13.4. The van der Waals surface area contributed by atoms with E-state index in [1.54, 1.807) is 13.8 Å². The molecule has 0 aromatic carbocycles. The van der Waals surface area contributed by atoms with Crippen LogP contribution in [0.2, 0.25) is 0 Å². The number of nitrogens with zero attached hydrogens (tertiary/aromatic N) is 4. The highest BCUT2D eigenvalue weighted by molar-refractivity contribution is 6.11. The first-order valence-corrected chi connectivity index (χ1v) is 8.38. The molecular formula is C18H18N4O6. The largest absolute Gasteiger partial charge is 0.462 e. The van der Waals surface area contributed by atoms with Crippen LogP contribution in [0.3, 0.4) is 0 Å². The maximum Gasteiger partial charge on any atom is 0.356 e. The van der Waals surface area contributed by atoms with Crippen molar-refractivity contribution in [1.82, 2.24) is 14.3 Å². The second-order valence-corrected chi connectivity index (χ2v) is 5.58. The van der Waals surface area contributed by atoms with Crippen LogP contribution >= 0.6 is 0 Å². The van der Waals surface area contributed by atoms with Gasteiger partial charge in [-0.1, -0.05) is 0 Å². The summed E-state index contributed by atoms with van der Waals surface area (Å²) in [6.07, 6.45) is 2.39. The van der Waals surface area contributed by atoms with Crippen molar-refractivity contribution in [3.63, 3.8) is 0 Å². The minimum absolute atomic E-state index is 0.00861. The van der Waals surface area contributed by atoms with Gasteiger partial charge in [-0.15, -0.1) is 5.10 Å². The highest BCUT2D eigenvalue weighted by atomic mass is 16.5. The first-order valence-electron chi connectivity index (χ1n) is 8.38. The lowest BCUT2D eigenvalue weighted by atomic mass is 10.1. The van der Waals surface area contributed by atoms with Gasteiger partial charge in [0.05, 0.1) is 25.0 Å². The molecular weight excluding hydrogens is 368 g/mol. The number of rotatable bonds is 6. The Morgan fingerprint density at radius 1 is 1.07 bits per heavy atom. The molecule has 0 saturated carbocycles. The fourth-order valence-electron chi connectivity index (χ4n) is 2.53. The molecule has 146 valence electrons. The third kappa shape index (κ3) is 3.68. The summed E-state index contributed by atoms with van der Waals surface area (Å²) in [5.74, 6) is -2.86. The van der Waals surface area contributed by atoms with E-state index in [-0.39, 0.29) is 41.4 Å². The Hall–Kier alpha value is -3.74. The number of aromatic nitrogens is 3. The van der Waals surface area contributed by atoms with Gasteiger partial charge in [0.15, 0.2) is 11.6 Å². The van der Waals surface area contributed by atoms with Gasteiger partial charge in [0.1, 0.15) is 22.9 Å². The minimum Gasteiger partial charge on any atom is -0.462 e. The topological polar surface area (TPSA) is 133 Å². The van der Waals surface area contributed by atoms with E-state index in [1.807, 2.05) is 6.07 Å². The molecule has 0 unspecified atom stereocenters. The molecule has 2 rings (SSSR count). The van der Waals surface area contributed by atoms with Gasteiger partial charge in [-0.05, 0) is 20.8 Å². The zero-order chi connectivity index (χ0) is 21.0. The minimum atomic E-state index is -0.903. The predicted molar refractivity (Wildman–Crippen MR) is 94.5 cm³/mol. The number of ether oxygens (including phenoxy) is 2. The summed E-state index contributed by atoms with van der Waals surface area (Å²) in [7, 11) is 0. The van der Waals surface area contributed by atoms with Crippen LogP contribution in [-0.2, 0) is 9.47 Å². The van der Waals surface area contributed by atoms with Gasteiger partial charge in [-0.2, -0.15) is 5.26 Å². The molecule has 0 amide bonds. The average Bonchev–Trinajstić information content (AvgIpc) is 3.23. The number of ketones is 1.